The normalized spacial score (nSPS) is 10.6. The lowest BCUT2D eigenvalue weighted by molar-refractivity contribution is 0.475. The van der Waals surface area contributed by atoms with Gasteiger partial charge in [0, 0.05) is 10.6 Å². The highest BCUT2D eigenvalue weighted by Gasteiger charge is 2.05. The van der Waals surface area contributed by atoms with Crippen LogP contribution < -0.4 is 0 Å². The Morgan fingerprint density at radius 1 is 0.895 bits per heavy atom. The average molecular weight is 271 g/mol. The molecule has 1 aromatic heterocycles. The van der Waals surface area contributed by atoms with Crippen LogP contribution in [0.5, 0.6) is 5.75 Å². The van der Waals surface area contributed by atoms with E-state index in [1.807, 2.05) is 42.5 Å². The molecular formula is C15H11ClN2O. The number of phenols is 1. The fourth-order valence-corrected chi connectivity index (χ4v) is 2.01. The van der Waals surface area contributed by atoms with Gasteiger partial charge in [0.1, 0.15) is 5.75 Å². The second-order valence-electron chi connectivity index (χ2n) is 4.22. The van der Waals surface area contributed by atoms with Gasteiger partial charge in [-0.05, 0) is 48.0 Å². The molecule has 3 nitrogen and oxygen atoms in total. The van der Waals surface area contributed by atoms with E-state index in [9.17, 15) is 5.11 Å². The number of H-pyrrole nitrogens is 1. The lowest BCUT2D eigenvalue weighted by Gasteiger charge is -1.97. The average Bonchev–Trinajstić information content (AvgIpc) is 2.90. The lowest BCUT2D eigenvalue weighted by atomic mass is 10.1. The van der Waals surface area contributed by atoms with Gasteiger partial charge in [0.2, 0.25) is 0 Å². The van der Waals surface area contributed by atoms with Crippen LogP contribution in [0.25, 0.3) is 22.5 Å². The van der Waals surface area contributed by atoms with Crippen LogP contribution in [0.3, 0.4) is 0 Å². The summed E-state index contributed by atoms with van der Waals surface area (Å²) in [5.74, 6) is 0.247. The molecule has 0 atom stereocenters. The summed E-state index contributed by atoms with van der Waals surface area (Å²) in [6.07, 6.45) is 0. The molecule has 0 saturated heterocycles. The fraction of sp³-hybridized carbons (Fsp3) is 0. The SMILES string of the molecule is Oc1ccc(-c2cc(-c3ccc(Cl)cc3)[nH]n2)cc1. The lowest BCUT2D eigenvalue weighted by Crippen LogP contribution is -1.77. The quantitative estimate of drug-likeness (QED) is 0.736. The van der Waals surface area contributed by atoms with Gasteiger partial charge in [0.25, 0.3) is 0 Å². The van der Waals surface area contributed by atoms with Gasteiger partial charge in [-0.1, -0.05) is 23.7 Å². The Morgan fingerprint density at radius 3 is 2.21 bits per heavy atom. The highest BCUT2D eigenvalue weighted by atomic mass is 35.5. The molecule has 19 heavy (non-hydrogen) atoms. The van der Waals surface area contributed by atoms with E-state index in [-0.39, 0.29) is 5.75 Å². The first-order chi connectivity index (χ1) is 9.22. The summed E-state index contributed by atoms with van der Waals surface area (Å²) in [4.78, 5) is 0. The smallest absolute Gasteiger partial charge is 0.115 e. The number of aromatic hydroxyl groups is 1. The Morgan fingerprint density at radius 2 is 1.53 bits per heavy atom. The van der Waals surface area contributed by atoms with E-state index in [0.29, 0.717) is 5.02 Å². The summed E-state index contributed by atoms with van der Waals surface area (Å²) in [5.41, 5.74) is 3.75. The third-order valence-corrected chi connectivity index (χ3v) is 3.15. The van der Waals surface area contributed by atoms with Crippen LogP contribution in [0, 0.1) is 0 Å². The standard InChI is InChI=1S/C15H11ClN2O/c16-12-5-1-10(2-6-12)14-9-15(18-17-14)11-3-7-13(19)8-4-11/h1-9,19H,(H,17,18). The predicted molar refractivity (Wildman–Crippen MR) is 76.1 cm³/mol. The third-order valence-electron chi connectivity index (χ3n) is 2.90. The second-order valence-corrected chi connectivity index (χ2v) is 4.66. The van der Waals surface area contributed by atoms with Gasteiger partial charge < -0.3 is 5.11 Å². The number of hydrogen-bond donors (Lipinski definition) is 2. The van der Waals surface area contributed by atoms with Crippen LogP contribution in [0.4, 0.5) is 0 Å². The van der Waals surface area contributed by atoms with Crippen molar-refractivity contribution >= 4 is 11.6 Å². The van der Waals surface area contributed by atoms with E-state index in [2.05, 4.69) is 10.2 Å². The van der Waals surface area contributed by atoms with Crippen LogP contribution in [-0.2, 0) is 0 Å². The van der Waals surface area contributed by atoms with Gasteiger partial charge >= 0.3 is 0 Å². The number of aromatic amines is 1. The minimum atomic E-state index is 0.247. The number of rotatable bonds is 2. The molecule has 0 bridgehead atoms. The van der Waals surface area contributed by atoms with E-state index >= 15 is 0 Å². The van der Waals surface area contributed by atoms with Gasteiger partial charge in [-0.15, -0.1) is 0 Å². The molecule has 3 aromatic rings. The Labute approximate surface area is 115 Å². The first-order valence-electron chi connectivity index (χ1n) is 5.83. The van der Waals surface area contributed by atoms with Crippen molar-refractivity contribution in [2.45, 2.75) is 0 Å². The number of nitrogens with one attached hydrogen (secondary N) is 1. The molecule has 4 heteroatoms. The molecule has 0 aliphatic heterocycles. The molecule has 94 valence electrons. The Bertz CT molecular complexity index is 627. The van der Waals surface area contributed by atoms with Crippen LogP contribution in [-0.4, -0.2) is 15.3 Å². The van der Waals surface area contributed by atoms with E-state index in [1.54, 1.807) is 12.1 Å². The molecule has 0 saturated carbocycles. The predicted octanol–water partition coefficient (Wildman–Crippen LogP) is 4.10. The maximum atomic E-state index is 9.27. The summed E-state index contributed by atoms with van der Waals surface area (Å²) in [5, 5.41) is 17.3. The molecule has 0 spiro atoms. The molecular weight excluding hydrogens is 260 g/mol. The van der Waals surface area contributed by atoms with Crippen molar-refractivity contribution in [3.8, 4) is 28.3 Å². The van der Waals surface area contributed by atoms with Gasteiger partial charge in [0.15, 0.2) is 0 Å². The maximum Gasteiger partial charge on any atom is 0.115 e. The summed E-state index contributed by atoms with van der Waals surface area (Å²) in [6, 6.07) is 16.5. The monoisotopic (exact) mass is 270 g/mol. The van der Waals surface area contributed by atoms with Gasteiger partial charge in [-0.25, -0.2) is 0 Å². The Balaban J connectivity index is 1.95. The van der Waals surface area contributed by atoms with Gasteiger partial charge in [-0.3, -0.25) is 5.10 Å². The Kier molecular flexibility index (Phi) is 2.97. The Hall–Kier alpha value is -2.26. The summed E-state index contributed by atoms with van der Waals surface area (Å²) < 4.78 is 0. The first-order valence-corrected chi connectivity index (χ1v) is 6.21. The van der Waals surface area contributed by atoms with Crippen molar-refractivity contribution in [2.24, 2.45) is 0 Å². The molecule has 3 rings (SSSR count). The number of hydrogen-bond acceptors (Lipinski definition) is 2. The second kappa shape index (κ2) is 4.78. The van der Waals surface area contributed by atoms with Crippen LogP contribution in [0.15, 0.2) is 54.6 Å². The molecule has 0 amide bonds. The molecule has 0 unspecified atom stereocenters. The minimum Gasteiger partial charge on any atom is -0.508 e. The van der Waals surface area contributed by atoms with E-state index in [4.69, 9.17) is 11.6 Å². The zero-order chi connectivity index (χ0) is 13.2. The number of benzene rings is 2. The number of phenolic OH excluding ortho intramolecular Hbond substituents is 1. The third kappa shape index (κ3) is 2.46. The summed E-state index contributed by atoms with van der Waals surface area (Å²) in [7, 11) is 0. The topological polar surface area (TPSA) is 48.9 Å². The minimum absolute atomic E-state index is 0.247. The van der Waals surface area contributed by atoms with Gasteiger partial charge in [0.05, 0.1) is 11.4 Å². The number of halogens is 1. The van der Waals surface area contributed by atoms with Crippen molar-refractivity contribution in [3.05, 3.63) is 59.6 Å². The molecule has 0 fully saturated rings. The van der Waals surface area contributed by atoms with E-state index in [0.717, 1.165) is 22.5 Å². The molecule has 1 heterocycles. The van der Waals surface area contributed by atoms with Gasteiger partial charge in [-0.2, -0.15) is 5.10 Å². The maximum absolute atomic E-state index is 9.27. The summed E-state index contributed by atoms with van der Waals surface area (Å²) in [6.45, 7) is 0. The molecule has 2 aromatic carbocycles. The van der Waals surface area contributed by atoms with Crippen molar-refractivity contribution in [2.75, 3.05) is 0 Å². The molecule has 0 aliphatic rings. The zero-order valence-corrected chi connectivity index (χ0v) is 10.7. The first kappa shape index (κ1) is 11.8. The number of aromatic nitrogens is 2. The highest BCUT2D eigenvalue weighted by molar-refractivity contribution is 6.30. The highest BCUT2D eigenvalue weighted by Crippen LogP contribution is 2.25. The van der Waals surface area contributed by atoms with Crippen LogP contribution >= 0.6 is 11.6 Å². The van der Waals surface area contributed by atoms with Crippen molar-refractivity contribution in [1.29, 1.82) is 0 Å². The van der Waals surface area contributed by atoms with Crippen molar-refractivity contribution in [1.82, 2.24) is 10.2 Å². The van der Waals surface area contributed by atoms with Crippen LogP contribution in [0.2, 0.25) is 5.02 Å². The fourth-order valence-electron chi connectivity index (χ4n) is 1.88. The molecule has 0 aliphatic carbocycles. The summed E-state index contributed by atoms with van der Waals surface area (Å²) >= 11 is 5.87. The number of nitrogens with zero attached hydrogens (tertiary/aromatic N) is 1. The molecule has 2 N–H and O–H groups in total. The van der Waals surface area contributed by atoms with Crippen molar-refractivity contribution < 1.29 is 5.11 Å². The largest absolute Gasteiger partial charge is 0.508 e. The van der Waals surface area contributed by atoms with E-state index < -0.39 is 0 Å². The van der Waals surface area contributed by atoms with E-state index in [1.165, 1.54) is 0 Å². The zero-order valence-electron chi connectivity index (χ0n) is 9.97. The molecule has 0 radical (unpaired) electrons. The van der Waals surface area contributed by atoms with Crippen molar-refractivity contribution in [3.63, 3.8) is 0 Å². The van der Waals surface area contributed by atoms with Crippen LogP contribution in [0.1, 0.15) is 0 Å².